The van der Waals surface area contributed by atoms with Crippen LogP contribution in [0, 0.1) is 6.92 Å². The van der Waals surface area contributed by atoms with Gasteiger partial charge in [-0.1, -0.05) is 17.7 Å². The normalized spacial score (nSPS) is 21.1. The highest BCUT2D eigenvalue weighted by Gasteiger charge is 2.39. The van der Waals surface area contributed by atoms with Crippen LogP contribution in [0.15, 0.2) is 34.7 Å². The smallest absolute Gasteiger partial charge is 0.335 e. The summed E-state index contributed by atoms with van der Waals surface area (Å²) in [6.45, 7) is 5.16. The summed E-state index contributed by atoms with van der Waals surface area (Å²) in [7, 11) is -3.72. The quantitative estimate of drug-likeness (QED) is 0.833. The second kappa shape index (κ2) is 6.55. The molecular weight excluding hydrogens is 342 g/mol. The third-order valence-electron chi connectivity index (χ3n) is 5.02. The highest BCUT2D eigenvalue weighted by molar-refractivity contribution is 7.89. The highest BCUT2D eigenvalue weighted by atomic mass is 32.2. The lowest BCUT2D eigenvalue weighted by molar-refractivity contribution is -0.0462. The molecule has 1 spiro atoms. The van der Waals surface area contributed by atoms with E-state index in [4.69, 9.17) is 9.84 Å². The molecule has 6 nitrogen and oxygen atoms in total. The van der Waals surface area contributed by atoms with E-state index in [0.29, 0.717) is 38.1 Å². The first-order valence-electron chi connectivity index (χ1n) is 8.40. The molecule has 1 N–H and O–H groups in total. The molecule has 1 aromatic carbocycles. The molecule has 0 radical (unpaired) electrons. The summed E-state index contributed by atoms with van der Waals surface area (Å²) >= 11 is 0. The number of piperidine rings is 1. The van der Waals surface area contributed by atoms with Crippen molar-refractivity contribution in [2.24, 2.45) is 0 Å². The van der Waals surface area contributed by atoms with Crippen LogP contribution in [-0.2, 0) is 14.8 Å². The standard InChI is InChI=1S/C18H23NO5S/c1-13-5-10-24-18(12-13)6-8-19(9-7-18)25(22,23)16-11-15(17(20)21)4-3-14(16)2/h3-4,11-12H,5-10H2,1-2H3,(H,20,21). The van der Waals surface area contributed by atoms with Crippen LogP contribution < -0.4 is 0 Å². The average molecular weight is 365 g/mol. The first-order valence-corrected chi connectivity index (χ1v) is 9.84. The van der Waals surface area contributed by atoms with Crippen LogP contribution in [0.3, 0.4) is 0 Å². The van der Waals surface area contributed by atoms with E-state index < -0.39 is 16.0 Å². The van der Waals surface area contributed by atoms with Gasteiger partial charge in [0.25, 0.3) is 0 Å². The molecule has 2 heterocycles. The van der Waals surface area contributed by atoms with Crippen molar-refractivity contribution in [2.45, 2.75) is 43.6 Å². The van der Waals surface area contributed by atoms with Gasteiger partial charge < -0.3 is 9.84 Å². The lowest BCUT2D eigenvalue weighted by Gasteiger charge is -2.41. The van der Waals surface area contributed by atoms with Crippen molar-refractivity contribution in [1.82, 2.24) is 4.31 Å². The number of hydrogen-bond donors (Lipinski definition) is 1. The Kier molecular flexibility index (Phi) is 4.74. The van der Waals surface area contributed by atoms with Gasteiger partial charge in [-0.2, -0.15) is 4.31 Å². The molecule has 0 aliphatic carbocycles. The highest BCUT2D eigenvalue weighted by Crippen LogP contribution is 2.35. The maximum absolute atomic E-state index is 13.0. The number of carboxylic acids is 1. The fourth-order valence-corrected chi connectivity index (χ4v) is 5.21. The fourth-order valence-electron chi connectivity index (χ4n) is 3.52. The lowest BCUT2D eigenvalue weighted by Crippen LogP contribution is -2.48. The summed E-state index contributed by atoms with van der Waals surface area (Å²) in [4.78, 5) is 11.2. The molecule has 2 aliphatic rings. The summed E-state index contributed by atoms with van der Waals surface area (Å²) in [6, 6.07) is 4.21. The third kappa shape index (κ3) is 3.49. The van der Waals surface area contributed by atoms with E-state index in [1.807, 2.05) is 0 Å². The van der Waals surface area contributed by atoms with Crippen molar-refractivity contribution in [2.75, 3.05) is 19.7 Å². The summed E-state index contributed by atoms with van der Waals surface area (Å²) in [5.74, 6) is -1.13. The van der Waals surface area contributed by atoms with Crippen molar-refractivity contribution in [3.05, 3.63) is 41.0 Å². The Balaban J connectivity index is 1.84. The van der Waals surface area contributed by atoms with Gasteiger partial charge in [-0.15, -0.1) is 0 Å². The molecule has 136 valence electrons. The van der Waals surface area contributed by atoms with E-state index in [1.54, 1.807) is 6.92 Å². The Bertz CT molecular complexity index is 820. The molecule has 0 amide bonds. The van der Waals surface area contributed by atoms with E-state index in [0.717, 1.165) is 6.42 Å². The molecule has 0 atom stereocenters. The van der Waals surface area contributed by atoms with Gasteiger partial charge in [0.15, 0.2) is 0 Å². The number of hydrogen-bond acceptors (Lipinski definition) is 4. The topological polar surface area (TPSA) is 83.9 Å². The lowest BCUT2D eigenvalue weighted by atomic mass is 9.88. The number of aromatic carboxylic acids is 1. The zero-order valence-electron chi connectivity index (χ0n) is 14.5. The van der Waals surface area contributed by atoms with Crippen molar-refractivity contribution in [3.63, 3.8) is 0 Å². The van der Waals surface area contributed by atoms with E-state index >= 15 is 0 Å². The maximum atomic E-state index is 13.0. The monoisotopic (exact) mass is 365 g/mol. The number of carbonyl (C=O) groups is 1. The van der Waals surface area contributed by atoms with Crippen molar-refractivity contribution < 1.29 is 23.1 Å². The molecule has 0 saturated carbocycles. The van der Waals surface area contributed by atoms with Crippen molar-refractivity contribution in [3.8, 4) is 0 Å². The summed E-state index contributed by atoms with van der Waals surface area (Å²) in [5, 5.41) is 9.14. The summed E-state index contributed by atoms with van der Waals surface area (Å²) < 4.78 is 33.4. The van der Waals surface area contributed by atoms with Crippen molar-refractivity contribution in [1.29, 1.82) is 0 Å². The fraction of sp³-hybridized carbons (Fsp3) is 0.500. The molecule has 0 aromatic heterocycles. The second-order valence-corrected chi connectivity index (χ2v) is 8.75. The maximum Gasteiger partial charge on any atom is 0.335 e. The van der Waals surface area contributed by atoms with Gasteiger partial charge in [0.05, 0.1) is 22.7 Å². The largest absolute Gasteiger partial charge is 0.478 e. The van der Waals surface area contributed by atoms with Gasteiger partial charge in [0, 0.05) is 13.1 Å². The molecule has 0 bridgehead atoms. The minimum Gasteiger partial charge on any atom is -0.478 e. The van der Waals surface area contributed by atoms with E-state index in [9.17, 15) is 13.2 Å². The molecule has 1 saturated heterocycles. The van der Waals surface area contributed by atoms with Gasteiger partial charge in [-0.3, -0.25) is 0 Å². The predicted molar refractivity (Wildman–Crippen MR) is 93.2 cm³/mol. The number of sulfonamides is 1. The Hall–Kier alpha value is -1.70. The SMILES string of the molecule is CC1=CC2(CCN(S(=O)(=O)c3cc(C(=O)O)ccc3C)CC2)OCC1. The van der Waals surface area contributed by atoms with Crippen LogP contribution in [0.25, 0.3) is 0 Å². The predicted octanol–water partition coefficient (Wildman–Crippen LogP) is 2.58. The molecular formula is C18H23NO5S. The average Bonchev–Trinajstić information content (AvgIpc) is 2.55. The Morgan fingerprint density at radius 3 is 2.52 bits per heavy atom. The number of benzene rings is 1. The number of aryl methyl sites for hydroxylation is 1. The molecule has 3 rings (SSSR count). The molecule has 7 heteroatoms. The first-order chi connectivity index (χ1) is 11.7. The van der Waals surface area contributed by atoms with Crippen LogP contribution in [0.5, 0.6) is 0 Å². The second-order valence-electron chi connectivity index (χ2n) is 6.84. The van der Waals surface area contributed by atoms with Gasteiger partial charge >= 0.3 is 5.97 Å². The summed E-state index contributed by atoms with van der Waals surface area (Å²) in [5.41, 5.74) is 1.46. The Morgan fingerprint density at radius 1 is 1.24 bits per heavy atom. The van der Waals surface area contributed by atoms with E-state index in [-0.39, 0.29) is 16.1 Å². The molecule has 2 aliphatic heterocycles. The minimum atomic E-state index is -3.72. The number of ether oxygens (including phenoxy) is 1. The zero-order chi connectivity index (χ0) is 18.2. The van der Waals surface area contributed by atoms with Crippen LogP contribution in [-0.4, -0.2) is 49.1 Å². The van der Waals surface area contributed by atoms with Crippen LogP contribution in [0.1, 0.15) is 42.1 Å². The molecule has 0 unspecified atom stereocenters. The molecule has 25 heavy (non-hydrogen) atoms. The van der Waals surface area contributed by atoms with Crippen LogP contribution in [0.2, 0.25) is 0 Å². The molecule has 1 aromatic rings. The van der Waals surface area contributed by atoms with E-state index in [2.05, 4.69) is 13.0 Å². The van der Waals surface area contributed by atoms with Crippen molar-refractivity contribution >= 4 is 16.0 Å². The van der Waals surface area contributed by atoms with Crippen LogP contribution in [0.4, 0.5) is 0 Å². The molecule has 1 fully saturated rings. The van der Waals surface area contributed by atoms with Gasteiger partial charge in [-0.05, 0) is 50.8 Å². The number of rotatable bonds is 3. The Labute approximate surface area is 148 Å². The summed E-state index contributed by atoms with van der Waals surface area (Å²) in [6.07, 6.45) is 4.28. The third-order valence-corrected chi connectivity index (χ3v) is 7.06. The number of nitrogens with zero attached hydrogens (tertiary/aromatic N) is 1. The Morgan fingerprint density at radius 2 is 1.92 bits per heavy atom. The van der Waals surface area contributed by atoms with Gasteiger partial charge in [-0.25, -0.2) is 13.2 Å². The van der Waals surface area contributed by atoms with E-state index in [1.165, 1.54) is 28.1 Å². The number of carboxylic acid groups (broad SMARTS) is 1. The van der Waals surface area contributed by atoms with Gasteiger partial charge in [0.1, 0.15) is 0 Å². The first kappa shape index (κ1) is 18.1. The van der Waals surface area contributed by atoms with Crippen LogP contribution >= 0.6 is 0 Å². The zero-order valence-corrected chi connectivity index (χ0v) is 15.3. The van der Waals surface area contributed by atoms with Gasteiger partial charge in [0.2, 0.25) is 10.0 Å². The minimum absolute atomic E-state index is 0.0215.